The van der Waals surface area contributed by atoms with Gasteiger partial charge in [0.2, 0.25) is 0 Å². The molecule has 0 aliphatic carbocycles. The van der Waals surface area contributed by atoms with Crippen molar-refractivity contribution in [3.05, 3.63) is 77.8 Å². The Balaban J connectivity index is 2.38. The lowest BCUT2D eigenvalue weighted by atomic mass is 10.0. The molecule has 1 heterocycles. The second-order valence-corrected chi connectivity index (χ2v) is 4.90. The van der Waals surface area contributed by atoms with E-state index in [2.05, 4.69) is 31.2 Å². The van der Waals surface area contributed by atoms with E-state index < -0.39 is 0 Å². The normalized spacial score (nSPS) is 17.0. The average Bonchev–Trinajstić information content (AvgIpc) is 2.55. The molecule has 0 saturated carbocycles. The van der Waals surface area contributed by atoms with Crippen molar-refractivity contribution in [2.24, 2.45) is 0 Å². The minimum atomic E-state index is 0.664. The number of allylic oxidation sites excluding steroid dienone is 6. The number of carbonyl (C=O) groups excluding carboxylic acids is 1. The predicted octanol–water partition coefficient (Wildman–Crippen LogP) is 4.69. The second-order valence-electron chi connectivity index (χ2n) is 4.90. The van der Waals surface area contributed by atoms with Crippen LogP contribution < -0.4 is 0 Å². The molecule has 108 valence electrons. The number of aldehydes is 1. The van der Waals surface area contributed by atoms with Gasteiger partial charge in [0.25, 0.3) is 0 Å². The minimum Gasteiger partial charge on any atom is -0.315 e. The zero-order chi connectivity index (χ0) is 15.1. The van der Waals surface area contributed by atoms with E-state index in [0.717, 1.165) is 30.4 Å². The highest BCUT2D eigenvalue weighted by molar-refractivity contribution is 5.80. The van der Waals surface area contributed by atoms with Crippen molar-refractivity contribution in [2.45, 2.75) is 26.7 Å². The Morgan fingerprint density at radius 3 is 2.62 bits per heavy atom. The van der Waals surface area contributed by atoms with E-state index in [1.807, 2.05) is 48.4 Å². The first kappa shape index (κ1) is 15.0. The maximum Gasteiger partial charge on any atom is 0.166 e. The van der Waals surface area contributed by atoms with Gasteiger partial charge in [-0.05, 0) is 36.6 Å². The molecule has 1 aliphatic rings. The molecule has 0 fully saturated rings. The molecule has 2 rings (SSSR count). The molecule has 0 aromatic heterocycles. The second kappa shape index (κ2) is 7.44. The van der Waals surface area contributed by atoms with Crippen molar-refractivity contribution in [3.63, 3.8) is 0 Å². The lowest BCUT2D eigenvalue weighted by molar-refractivity contribution is -0.105. The summed E-state index contributed by atoms with van der Waals surface area (Å²) in [5.74, 6) is 0. The van der Waals surface area contributed by atoms with Gasteiger partial charge in [0, 0.05) is 11.9 Å². The van der Waals surface area contributed by atoms with Crippen LogP contribution >= 0.6 is 0 Å². The summed E-state index contributed by atoms with van der Waals surface area (Å²) in [5, 5.41) is 0. The minimum absolute atomic E-state index is 0.664. The van der Waals surface area contributed by atoms with Gasteiger partial charge in [-0.2, -0.15) is 0 Å². The third-order valence-corrected chi connectivity index (χ3v) is 3.43. The van der Waals surface area contributed by atoms with Gasteiger partial charge >= 0.3 is 0 Å². The molecule has 2 heteroatoms. The van der Waals surface area contributed by atoms with Gasteiger partial charge in [-0.3, -0.25) is 4.79 Å². The molecule has 0 radical (unpaired) electrons. The molecular weight excluding hydrogens is 258 g/mol. The van der Waals surface area contributed by atoms with Crippen LogP contribution in [0.2, 0.25) is 0 Å². The lowest BCUT2D eigenvalue weighted by Gasteiger charge is -2.25. The summed E-state index contributed by atoms with van der Waals surface area (Å²) in [6.07, 6.45) is 13.1. The highest BCUT2D eigenvalue weighted by atomic mass is 16.1. The topological polar surface area (TPSA) is 20.3 Å². The molecule has 0 amide bonds. The van der Waals surface area contributed by atoms with Gasteiger partial charge in [-0.25, -0.2) is 0 Å². The van der Waals surface area contributed by atoms with Crippen LogP contribution in [0.5, 0.6) is 0 Å². The molecular formula is C19H21NO. The van der Waals surface area contributed by atoms with Crippen molar-refractivity contribution in [2.75, 3.05) is 0 Å². The van der Waals surface area contributed by atoms with Crippen LogP contribution in [0.15, 0.2) is 72.2 Å². The van der Waals surface area contributed by atoms with Gasteiger partial charge in [0.05, 0.1) is 5.70 Å². The van der Waals surface area contributed by atoms with E-state index in [1.54, 1.807) is 0 Å². The van der Waals surface area contributed by atoms with Crippen LogP contribution in [-0.4, -0.2) is 11.2 Å². The Morgan fingerprint density at radius 2 is 2.00 bits per heavy atom. The average molecular weight is 279 g/mol. The third-order valence-electron chi connectivity index (χ3n) is 3.43. The quantitative estimate of drug-likeness (QED) is 0.576. The Bertz CT molecular complexity index is 606. The van der Waals surface area contributed by atoms with E-state index >= 15 is 0 Å². The zero-order valence-corrected chi connectivity index (χ0v) is 12.6. The first-order valence-electron chi connectivity index (χ1n) is 7.36. The SMILES string of the molecule is C/C=C(/C=O)N1C=CC(c2ccccc2)=C/C1=C\CCC. The maximum atomic E-state index is 11.2. The summed E-state index contributed by atoms with van der Waals surface area (Å²) in [5.41, 5.74) is 4.06. The van der Waals surface area contributed by atoms with Gasteiger partial charge in [0.15, 0.2) is 6.29 Å². The fraction of sp³-hybridized carbons (Fsp3) is 0.211. The number of carbonyl (C=O) groups is 1. The third kappa shape index (κ3) is 3.60. The van der Waals surface area contributed by atoms with Crippen LogP contribution in [0.1, 0.15) is 32.3 Å². The van der Waals surface area contributed by atoms with E-state index in [0.29, 0.717) is 5.70 Å². The number of nitrogens with zero attached hydrogens (tertiary/aromatic N) is 1. The zero-order valence-electron chi connectivity index (χ0n) is 12.6. The van der Waals surface area contributed by atoms with Crippen molar-refractivity contribution in [1.29, 1.82) is 0 Å². The van der Waals surface area contributed by atoms with E-state index in [9.17, 15) is 4.79 Å². The number of unbranched alkanes of at least 4 members (excludes halogenated alkanes) is 1. The van der Waals surface area contributed by atoms with Gasteiger partial charge < -0.3 is 4.90 Å². The van der Waals surface area contributed by atoms with Crippen LogP contribution in [0.25, 0.3) is 5.57 Å². The smallest absolute Gasteiger partial charge is 0.166 e. The van der Waals surface area contributed by atoms with Crippen LogP contribution in [-0.2, 0) is 4.79 Å². The monoisotopic (exact) mass is 279 g/mol. The van der Waals surface area contributed by atoms with E-state index in [-0.39, 0.29) is 0 Å². The Morgan fingerprint density at radius 1 is 1.24 bits per heavy atom. The largest absolute Gasteiger partial charge is 0.315 e. The number of benzene rings is 1. The summed E-state index contributed by atoms with van der Waals surface area (Å²) in [6.45, 7) is 4.03. The van der Waals surface area contributed by atoms with Gasteiger partial charge in [0.1, 0.15) is 0 Å². The van der Waals surface area contributed by atoms with Crippen LogP contribution in [0, 0.1) is 0 Å². The standard InChI is InChI=1S/C19H21NO/c1-3-5-11-19-14-17(16-9-7-6-8-10-16)12-13-20(19)18(4-2)15-21/h4,6-15H,3,5H2,1-2H3/b18-4-,19-11+. The number of rotatable bonds is 5. The molecule has 0 atom stereocenters. The molecule has 0 N–H and O–H groups in total. The summed E-state index contributed by atoms with van der Waals surface area (Å²) < 4.78 is 0. The summed E-state index contributed by atoms with van der Waals surface area (Å²) in [4.78, 5) is 13.2. The maximum absolute atomic E-state index is 11.2. The van der Waals surface area contributed by atoms with Gasteiger partial charge in [-0.15, -0.1) is 0 Å². The highest BCUT2D eigenvalue weighted by Gasteiger charge is 2.14. The number of hydrogen-bond donors (Lipinski definition) is 0. The molecule has 21 heavy (non-hydrogen) atoms. The fourth-order valence-corrected chi connectivity index (χ4v) is 2.28. The van der Waals surface area contributed by atoms with Crippen molar-refractivity contribution >= 4 is 11.9 Å². The van der Waals surface area contributed by atoms with Crippen LogP contribution in [0.4, 0.5) is 0 Å². The fourth-order valence-electron chi connectivity index (χ4n) is 2.28. The highest BCUT2D eigenvalue weighted by Crippen LogP contribution is 2.27. The Hall–Kier alpha value is -2.35. The van der Waals surface area contributed by atoms with E-state index in [4.69, 9.17) is 0 Å². The first-order valence-corrected chi connectivity index (χ1v) is 7.36. The molecule has 1 aliphatic heterocycles. The summed E-state index contributed by atoms with van der Waals surface area (Å²) >= 11 is 0. The van der Waals surface area contributed by atoms with Crippen molar-refractivity contribution in [3.8, 4) is 0 Å². The Labute approximate surface area is 126 Å². The molecule has 0 unspecified atom stereocenters. The predicted molar refractivity (Wildman–Crippen MR) is 88.2 cm³/mol. The molecule has 1 aromatic carbocycles. The summed E-state index contributed by atoms with van der Waals surface area (Å²) in [6, 6.07) is 10.3. The van der Waals surface area contributed by atoms with Crippen molar-refractivity contribution in [1.82, 2.24) is 4.90 Å². The lowest BCUT2D eigenvalue weighted by Crippen LogP contribution is -2.18. The first-order chi connectivity index (χ1) is 10.3. The number of hydrogen-bond acceptors (Lipinski definition) is 2. The molecule has 2 nitrogen and oxygen atoms in total. The molecule has 0 saturated heterocycles. The van der Waals surface area contributed by atoms with Crippen LogP contribution in [0.3, 0.4) is 0 Å². The summed E-state index contributed by atoms with van der Waals surface area (Å²) in [7, 11) is 0. The van der Waals surface area contributed by atoms with Gasteiger partial charge in [-0.1, -0.05) is 55.8 Å². The van der Waals surface area contributed by atoms with E-state index in [1.165, 1.54) is 5.56 Å². The Kier molecular flexibility index (Phi) is 5.33. The molecule has 0 bridgehead atoms. The molecule has 1 aromatic rings. The molecule has 0 spiro atoms. The van der Waals surface area contributed by atoms with Crippen molar-refractivity contribution < 1.29 is 4.79 Å².